The van der Waals surface area contributed by atoms with Gasteiger partial charge in [-0.05, 0) is 62.4 Å². The van der Waals surface area contributed by atoms with Gasteiger partial charge in [-0.25, -0.2) is 4.98 Å². The number of pyridine rings is 1. The van der Waals surface area contributed by atoms with Gasteiger partial charge in [-0.3, -0.25) is 9.58 Å². The number of hydrogen-bond acceptors (Lipinski definition) is 6. The summed E-state index contributed by atoms with van der Waals surface area (Å²) in [5.41, 5.74) is 9.32. The molecule has 0 radical (unpaired) electrons. The molecule has 1 saturated heterocycles. The Morgan fingerprint density at radius 1 is 0.853 bits per heavy atom. The molecule has 1 saturated carbocycles. The lowest BCUT2D eigenvalue weighted by atomic mass is 9.85. The molecular weight excluding hydrogens is 424 g/mol. The molecule has 0 bridgehead atoms. The van der Waals surface area contributed by atoms with Crippen molar-refractivity contribution in [3.8, 4) is 22.8 Å². The van der Waals surface area contributed by atoms with E-state index in [4.69, 9.17) is 15.6 Å². The highest BCUT2D eigenvalue weighted by atomic mass is 16.5. The Morgan fingerprint density at radius 2 is 1.56 bits per heavy atom. The quantitative estimate of drug-likeness (QED) is 0.481. The summed E-state index contributed by atoms with van der Waals surface area (Å²) in [6, 6.07) is 20.9. The summed E-state index contributed by atoms with van der Waals surface area (Å²) in [4.78, 5) is 9.42. The number of ether oxygens (including phenoxy) is 1. The Morgan fingerprint density at radius 3 is 2.29 bits per heavy atom. The number of fused-ring (bicyclic) bond motifs is 1. The monoisotopic (exact) mass is 454 g/mol. The largest absolute Gasteiger partial charge is 0.457 e. The van der Waals surface area contributed by atoms with E-state index < -0.39 is 0 Å². The van der Waals surface area contributed by atoms with Crippen LogP contribution >= 0.6 is 0 Å². The molecule has 7 nitrogen and oxygen atoms in total. The summed E-state index contributed by atoms with van der Waals surface area (Å²) in [6.07, 6.45) is 4.05. The second-order valence-corrected chi connectivity index (χ2v) is 9.44. The van der Waals surface area contributed by atoms with Crippen molar-refractivity contribution in [2.24, 2.45) is 0 Å². The van der Waals surface area contributed by atoms with Crippen LogP contribution in [0.25, 0.3) is 22.2 Å². The lowest BCUT2D eigenvalue weighted by Crippen LogP contribution is -2.53. The van der Waals surface area contributed by atoms with E-state index in [9.17, 15) is 0 Å². The number of nitrogens with zero attached hydrogens (tertiary/aromatic N) is 5. The van der Waals surface area contributed by atoms with E-state index in [1.165, 1.54) is 0 Å². The molecule has 34 heavy (non-hydrogen) atoms. The van der Waals surface area contributed by atoms with E-state index in [-0.39, 0.29) is 0 Å². The van der Waals surface area contributed by atoms with Gasteiger partial charge in [0.05, 0.1) is 16.9 Å². The highest BCUT2D eigenvalue weighted by molar-refractivity contribution is 6.00. The topological polar surface area (TPSA) is 72.4 Å². The van der Waals surface area contributed by atoms with Crippen LogP contribution in [0.15, 0.2) is 66.9 Å². The maximum Gasteiger partial charge on any atom is 0.135 e. The van der Waals surface area contributed by atoms with Crippen molar-refractivity contribution in [1.29, 1.82) is 0 Å². The van der Waals surface area contributed by atoms with E-state index in [0.717, 1.165) is 72.7 Å². The number of anilines is 1. The van der Waals surface area contributed by atoms with E-state index in [2.05, 4.69) is 26.5 Å². The summed E-state index contributed by atoms with van der Waals surface area (Å²) in [7, 11) is 2.21. The van der Waals surface area contributed by atoms with Crippen LogP contribution in [0.1, 0.15) is 18.9 Å². The van der Waals surface area contributed by atoms with Gasteiger partial charge < -0.3 is 15.4 Å². The smallest absolute Gasteiger partial charge is 0.135 e. The third-order valence-electron chi connectivity index (χ3n) is 7.24. The fourth-order valence-electron chi connectivity index (χ4n) is 5.14. The van der Waals surface area contributed by atoms with Crippen LogP contribution in [-0.4, -0.2) is 63.8 Å². The summed E-state index contributed by atoms with van der Waals surface area (Å²) < 4.78 is 8.14. The van der Waals surface area contributed by atoms with Gasteiger partial charge in [0.25, 0.3) is 0 Å². The van der Waals surface area contributed by atoms with E-state index in [1.54, 1.807) is 6.20 Å². The standard InChI is InChI=1S/C27H30N6O/c1-31-13-15-32(16-14-31)20-17-21(18-20)33-24-11-12-29-27(28)25(24)26(30-33)19-7-9-23(10-8-19)34-22-5-3-2-4-6-22/h2-12,20-21H,13-18H2,1H3,(H2,28,29). The van der Waals surface area contributed by atoms with Crippen LogP contribution < -0.4 is 10.5 Å². The number of nitrogens with two attached hydrogens (primary N) is 1. The molecule has 2 fully saturated rings. The number of para-hydroxylation sites is 1. The summed E-state index contributed by atoms with van der Waals surface area (Å²) in [6.45, 7) is 4.63. The maximum absolute atomic E-state index is 6.35. The maximum atomic E-state index is 6.35. The fourth-order valence-corrected chi connectivity index (χ4v) is 5.14. The Labute approximate surface area is 199 Å². The molecule has 1 aliphatic heterocycles. The Balaban J connectivity index is 1.25. The lowest BCUT2D eigenvalue weighted by molar-refractivity contribution is 0.0419. The number of nitrogen functional groups attached to an aromatic ring is 1. The van der Waals surface area contributed by atoms with Gasteiger partial charge in [-0.2, -0.15) is 5.10 Å². The number of likely N-dealkylation sites (N-methyl/N-ethyl adjacent to an activating group) is 1. The molecule has 2 aliphatic rings. The Kier molecular flexibility index (Phi) is 5.43. The number of hydrogen-bond donors (Lipinski definition) is 1. The molecule has 4 aromatic rings. The van der Waals surface area contributed by atoms with Crippen LogP contribution in [-0.2, 0) is 0 Å². The minimum atomic E-state index is 0.392. The lowest BCUT2D eigenvalue weighted by Gasteiger charge is -2.46. The van der Waals surface area contributed by atoms with Gasteiger partial charge in [0.2, 0.25) is 0 Å². The minimum absolute atomic E-state index is 0.392. The van der Waals surface area contributed by atoms with Gasteiger partial charge in [0.15, 0.2) is 0 Å². The van der Waals surface area contributed by atoms with Gasteiger partial charge in [-0.1, -0.05) is 18.2 Å². The molecule has 7 heteroatoms. The molecule has 0 unspecified atom stereocenters. The zero-order valence-corrected chi connectivity index (χ0v) is 19.5. The molecule has 2 N–H and O–H groups in total. The summed E-state index contributed by atoms with van der Waals surface area (Å²) in [5, 5.41) is 6.01. The molecule has 0 amide bonds. The molecule has 3 heterocycles. The summed E-state index contributed by atoms with van der Waals surface area (Å²) >= 11 is 0. The van der Waals surface area contributed by atoms with Crippen molar-refractivity contribution < 1.29 is 4.74 Å². The van der Waals surface area contributed by atoms with Gasteiger partial charge >= 0.3 is 0 Å². The second kappa shape index (κ2) is 8.74. The van der Waals surface area contributed by atoms with Crippen LogP contribution in [0.2, 0.25) is 0 Å². The van der Waals surface area contributed by atoms with Crippen LogP contribution in [0.5, 0.6) is 11.5 Å². The van der Waals surface area contributed by atoms with E-state index >= 15 is 0 Å². The Bertz CT molecular complexity index is 1270. The molecule has 174 valence electrons. The normalized spacial score (nSPS) is 21.4. The predicted molar refractivity (Wildman–Crippen MR) is 135 cm³/mol. The zero-order valence-electron chi connectivity index (χ0n) is 19.5. The highest BCUT2D eigenvalue weighted by Crippen LogP contribution is 2.41. The van der Waals surface area contributed by atoms with E-state index in [1.807, 2.05) is 60.7 Å². The second-order valence-electron chi connectivity index (χ2n) is 9.44. The first-order valence-corrected chi connectivity index (χ1v) is 12.0. The first-order chi connectivity index (χ1) is 16.7. The molecule has 0 spiro atoms. The molecular formula is C27H30N6O. The molecule has 1 aliphatic carbocycles. The SMILES string of the molecule is CN1CCN(C2CC(n3nc(-c4ccc(Oc5ccccc5)cc4)c4c(N)nccc43)C2)CC1. The molecule has 0 atom stereocenters. The number of piperazine rings is 1. The van der Waals surface area contributed by atoms with Gasteiger partial charge in [-0.15, -0.1) is 0 Å². The van der Waals surface area contributed by atoms with Gasteiger partial charge in [0, 0.05) is 44.0 Å². The van der Waals surface area contributed by atoms with Crippen LogP contribution in [0.3, 0.4) is 0 Å². The third-order valence-corrected chi connectivity index (χ3v) is 7.24. The fraction of sp³-hybridized carbons (Fsp3) is 0.333. The van der Waals surface area contributed by atoms with Crippen molar-refractivity contribution >= 4 is 16.7 Å². The molecule has 6 rings (SSSR count). The minimum Gasteiger partial charge on any atom is -0.457 e. The predicted octanol–water partition coefficient (Wildman–Crippen LogP) is 4.42. The number of rotatable bonds is 5. The van der Waals surface area contributed by atoms with E-state index in [0.29, 0.717) is 17.9 Å². The molecule has 2 aromatic carbocycles. The first kappa shape index (κ1) is 21.1. The summed E-state index contributed by atoms with van der Waals surface area (Å²) in [5.74, 6) is 2.13. The zero-order chi connectivity index (χ0) is 23.1. The van der Waals surface area contributed by atoms with Crippen LogP contribution in [0, 0.1) is 0 Å². The van der Waals surface area contributed by atoms with Crippen molar-refractivity contribution in [2.45, 2.75) is 24.9 Å². The van der Waals surface area contributed by atoms with Crippen molar-refractivity contribution in [3.05, 3.63) is 66.9 Å². The third kappa shape index (κ3) is 3.91. The molecule has 2 aromatic heterocycles. The van der Waals surface area contributed by atoms with Crippen LogP contribution in [0.4, 0.5) is 5.82 Å². The van der Waals surface area contributed by atoms with Gasteiger partial charge in [0.1, 0.15) is 23.0 Å². The van der Waals surface area contributed by atoms with Crippen molar-refractivity contribution in [1.82, 2.24) is 24.6 Å². The average Bonchev–Trinajstić information content (AvgIpc) is 3.21. The first-order valence-electron chi connectivity index (χ1n) is 12.0. The van der Waals surface area contributed by atoms with Crippen molar-refractivity contribution in [2.75, 3.05) is 39.0 Å². The number of benzene rings is 2. The highest BCUT2D eigenvalue weighted by Gasteiger charge is 2.37. The number of aromatic nitrogens is 3. The Hall–Kier alpha value is -3.42. The average molecular weight is 455 g/mol. The van der Waals surface area contributed by atoms with Crippen molar-refractivity contribution in [3.63, 3.8) is 0 Å².